The largest absolute Gasteiger partial charge is 0.503 e. The molecule has 7 nitrogen and oxygen atoms in total. The highest BCUT2D eigenvalue weighted by Gasteiger charge is 2.43. The van der Waals surface area contributed by atoms with Crippen molar-refractivity contribution in [3.63, 3.8) is 0 Å². The van der Waals surface area contributed by atoms with Crippen molar-refractivity contribution < 1.29 is 19.5 Å². The SMILES string of the molecule is CCC(=O)C1=C(O)C(=O)N(c2ccc(NC(C)=O)cc2)C1c1ccncc1. The highest BCUT2D eigenvalue weighted by Crippen LogP contribution is 2.41. The number of carbonyl (C=O) groups excluding carboxylic acids is 3. The Bertz CT molecular complexity index is 920. The highest BCUT2D eigenvalue weighted by atomic mass is 16.3. The van der Waals surface area contributed by atoms with Crippen LogP contribution in [0.4, 0.5) is 11.4 Å². The van der Waals surface area contributed by atoms with Gasteiger partial charge in [0.15, 0.2) is 11.5 Å². The molecule has 1 aromatic heterocycles. The van der Waals surface area contributed by atoms with Gasteiger partial charge in [-0.05, 0) is 42.0 Å². The van der Waals surface area contributed by atoms with Crippen LogP contribution in [0.15, 0.2) is 60.1 Å². The number of aliphatic hydroxyl groups excluding tert-OH is 1. The number of nitrogens with one attached hydrogen (secondary N) is 1. The number of hydrogen-bond donors (Lipinski definition) is 2. The molecule has 3 rings (SSSR count). The predicted octanol–water partition coefficient (Wildman–Crippen LogP) is 2.92. The number of anilines is 2. The van der Waals surface area contributed by atoms with Gasteiger partial charge in [0.25, 0.3) is 5.91 Å². The Balaban J connectivity index is 2.07. The topological polar surface area (TPSA) is 99.6 Å². The fourth-order valence-corrected chi connectivity index (χ4v) is 3.12. The number of hydrogen-bond acceptors (Lipinski definition) is 5. The van der Waals surface area contributed by atoms with Crippen molar-refractivity contribution in [3.05, 3.63) is 65.7 Å². The summed E-state index contributed by atoms with van der Waals surface area (Å²) in [6.45, 7) is 3.09. The molecule has 2 heterocycles. The zero-order chi connectivity index (χ0) is 19.6. The number of benzene rings is 1. The monoisotopic (exact) mass is 365 g/mol. The van der Waals surface area contributed by atoms with Crippen LogP contribution in [0.5, 0.6) is 0 Å². The van der Waals surface area contributed by atoms with E-state index in [1.807, 2.05) is 0 Å². The van der Waals surface area contributed by atoms with E-state index in [2.05, 4.69) is 10.3 Å². The van der Waals surface area contributed by atoms with E-state index in [1.165, 1.54) is 11.8 Å². The van der Waals surface area contributed by atoms with E-state index in [1.54, 1.807) is 55.7 Å². The number of rotatable bonds is 5. The molecular weight excluding hydrogens is 346 g/mol. The molecule has 0 bridgehead atoms. The van der Waals surface area contributed by atoms with E-state index in [0.29, 0.717) is 16.9 Å². The molecule has 7 heteroatoms. The Hall–Kier alpha value is -3.48. The van der Waals surface area contributed by atoms with Crippen LogP contribution in [-0.2, 0) is 14.4 Å². The van der Waals surface area contributed by atoms with Gasteiger partial charge in [-0.15, -0.1) is 0 Å². The van der Waals surface area contributed by atoms with Crippen molar-refractivity contribution in [2.45, 2.75) is 26.3 Å². The molecule has 27 heavy (non-hydrogen) atoms. The molecule has 0 saturated carbocycles. The summed E-state index contributed by atoms with van der Waals surface area (Å²) in [4.78, 5) is 41.7. The van der Waals surface area contributed by atoms with E-state index in [4.69, 9.17) is 0 Å². The lowest BCUT2D eigenvalue weighted by molar-refractivity contribution is -0.118. The number of aromatic nitrogens is 1. The molecule has 0 saturated heterocycles. The lowest BCUT2D eigenvalue weighted by atomic mass is 9.95. The van der Waals surface area contributed by atoms with Crippen LogP contribution in [0.25, 0.3) is 0 Å². The first kappa shape index (κ1) is 18.3. The molecule has 0 spiro atoms. The van der Waals surface area contributed by atoms with Crippen LogP contribution in [-0.4, -0.2) is 27.7 Å². The molecule has 138 valence electrons. The highest BCUT2D eigenvalue weighted by molar-refractivity contribution is 6.16. The lowest BCUT2D eigenvalue weighted by Crippen LogP contribution is -2.31. The van der Waals surface area contributed by atoms with Gasteiger partial charge in [0.05, 0.1) is 11.6 Å². The van der Waals surface area contributed by atoms with Gasteiger partial charge >= 0.3 is 0 Å². The molecule has 2 aromatic rings. The van der Waals surface area contributed by atoms with Gasteiger partial charge in [0, 0.05) is 37.1 Å². The summed E-state index contributed by atoms with van der Waals surface area (Å²) >= 11 is 0. The van der Waals surface area contributed by atoms with Gasteiger partial charge in [-0.2, -0.15) is 0 Å². The predicted molar refractivity (Wildman–Crippen MR) is 100 cm³/mol. The quantitative estimate of drug-likeness (QED) is 0.849. The summed E-state index contributed by atoms with van der Waals surface area (Å²) < 4.78 is 0. The Morgan fingerprint density at radius 2 is 1.78 bits per heavy atom. The van der Waals surface area contributed by atoms with Crippen LogP contribution in [0.1, 0.15) is 31.9 Å². The second kappa shape index (κ2) is 7.41. The van der Waals surface area contributed by atoms with Crippen LogP contribution in [0, 0.1) is 0 Å². The van der Waals surface area contributed by atoms with E-state index in [-0.39, 0.29) is 23.7 Å². The third-order valence-electron chi connectivity index (χ3n) is 4.32. The molecule has 0 fully saturated rings. The fraction of sp³-hybridized carbons (Fsp3) is 0.200. The van der Waals surface area contributed by atoms with Crippen LogP contribution in [0.2, 0.25) is 0 Å². The van der Waals surface area contributed by atoms with Crippen molar-refractivity contribution in [2.75, 3.05) is 10.2 Å². The van der Waals surface area contributed by atoms with Crippen molar-refractivity contribution in [2.24, 2.45) is 0 Å². The summed E-state index contributed by atoms with van der Waals surface area (Å²) in [7, 11) is 0. The minimum atomic E-state index is -0.737. The van der Waals surface area contributed by atoms with Gasteiger partial charge in [-0.1, -0.05) is 6.92 Å². The molecule has 2 amide bonds. The van der Waals surface area contributed by atoms with Crippen LogP contribution >= 0.6 is 0 Å². The number of pyridine rings is 1. The molecule has 0 aliphatic carbocycles. The molecule has 1 aliphatic heterocycles. The summed E-state index contributed by atoms with van der Waals surface area (Å²) in [6.07, 6.45) is 3.31. The number of carbonyl (C=O) groups is 3. The molecule has 2 N–H and O–H groups in total. The van der Waals surface area contributed by atoms with E-state index >= 15 is 0 Å². The molecule has 0 radical (unpaired) electrons. The molecule has 1 atom stereocenters. The number of nitrogens with zero attached hydrogens (tertiary/aromatic N) is 2. The van der Waals surface area contributed by atoms with Gasteiger partial charge in [-0.3, -0.25) is 24.3 Å². The van der Waals surface area contributed by atoms with Crippen molar-refractivity contribution >= 4 is 29.0 Å². The second-order valence-corrected chi connectivity index (χ2v) is 6.13. The summed E-state index contributed by atoms with van der Waals surface area (Å²) in [6, 6.07) is 9.30. The van der Waals surface area contributed by atoms with E-state index in [9.17, 15) is 19.5 Å². The standard InChI is InChI=1S/C20H19N3O4/c1-3-16(25)17-18(13-8-10-21-11-9-13)23(20(27)19(17)26)15-6-4-14(5-7-15)22-12(2)24/h4-11,18,26H,3H2,1-2H3,(H,22,24). The minimum absolute atomic E-state index is 0.0830. The third kappa shape index (κ3) is 3.44. The first-order valence-corrected chi connectivity index (χ1v) is 8.51. The average Bonchev–Trinajstić information content (AvgIpc) is 2.93. The van der Waals surface area contributed by atoms with Gasteiger partial charge < -0.3 is 10.4 Å². The number of ketones is 1. The van der Waals surface area contributed by atoms with Gasteiger partial charge in [-0.25, -0.2) is 0 Å². The zero-order valence-corrected chi connectivity index (χ0v) is 15.0. The summed E-state index contributed by atoms with van der Waals surface area (Å²) in [5, 5.41) is 13.0. The first-order valence-electron chi connectivity index (χ1n) is 8.51. The van der Waals surface area contributed by atoms with Crippen LogP contribution in [0.3, 0.4) is 0 Å². The van der Waals surface area contributed by atoms with Crippen molar-refractivity contribution in [3.8, 4) is 0 Å². The smallest absolute Gasteiger partial charge is 0.294 e. The lowest BCUT2D eigenvalue weighted by Gasteiger charge is -2.27. The third-order valence-corrected chi connectivity index (χ3v) is 4.32. The summed E-state index contributed by atoms with van der Waals surface area (Å²) in [5.74, 6) is -1.67. The maximum Gasteiger partial charge on any atom is 0.294 e. The number of Topliss-reactive ketones (excluding diaryl/α,β-unsaturated/α-hetero) is 1. The molecule has 1 aliphatic rings. The maximum atomic E-state index is 12.8. The fourth-order valence-electron chi connectivity index (χ4n) is 3.12. The van der Waals surface area contributed by atoms with E-state index in [0.717, 1.165) is 0 Å². The summed E-state index contributed by atoms with van der Waals surface area (Å²) in [5.41, 5.74) is 1.84. The average molecular weight is 365 g/mol. The Morgan fingerprint density at radius 3 is 2.33 bits per heavy atom. The minimum Gasteiger partial charge on any atom is -0.503 e. The Labute approximate surface area is 156 Å². The van der Waals surface area contributed by atoms with Crippen LogP contribution < -0.4 is 10.2 Å². The zero-order valence-electron chi connectivity index (χ0n) is 15.0. The van der Waals surface area contributed by atoms with Crippen molar-refractivity contribution in [1.82, 2.24) is 4.98 Å². The van der Waals surface area contributed by atoms with Gasteiger partial charge in [0.2, 0.25) is 5.91 Å². The molecule has 1 unspecified atom stereocenters. The second-order valence-electron chi connectivity index (χ2n) is 6.13. The van der Waals surface area contributed by atoms with Gasteiger partial charge in [0.1, 0.15) is 0 Å². The first-order chi connectivity index (χ1) is 12.9. The number of aliphatic hydroxyl groups is 1. The van der Waals surface area contributed by atoms with Crippen molar-refractivity contribution in [1.29, 1.82) is 0 Å². The number of amides is 2. The normalized spacial score (nSPS) is 16.6. The Kier molecular flexibility index (Phi) is 5.03. The molecular formula is C20H19N3O4. The Morgan fingerprint density at radius 1 is 1.15 bits per heavy atom. The maximum absolute atomic E-state index is 12.8. The van der Waals surface area contributed by atoms with E-state index < -0.39 is 17.7 Å². The molecule has 1 aromatic carbocycles.